The molecule has 2 amide bonds. The molecular weight excluding hydrogens is 332 g/mol. The molecular formula is C19H24N4O3. The summed E-state index contributed by atoms with van der Waals surface area (Å²) in [5.41, 5.74) is 1.47. The van der Waals surface area contributed by atoms with Crippen molar-refractivity contribution in [2.45, 2.75) is 44.6 Å². The molecule has 0 aromatic carbocycles. The second-order valence-electron chi connectivity index (χ2n) is 7.26. The molecule has 1 aliphatic heterocycles. The van der Waals surface area contributed by atoms with Gasteiger partial charge in [0.05, 0.1) is 12.6 Å². The molecule has 0 bridgehead atoms. The maximum atomic E-state index is 12.7. The Morgan fingerprint density at radius 1 is 1.46 bits per heavy atom. The molecule has 26 heavy (non-hydrogen) atoms. The summed E-state index contributed by atoms with van der Waals surface area (Å²) in [6.07, 6.45) is 9.25. The van der Waals surface area contributed by atoms with Crippen molar-refractivity contribution < 1.29 is 14.1 Å². The van der Waals surface area contributed by atoms with Crippen LogP contribution in [0.25, 0.3) is 0 Å². The van der Waals surface area contributed by atoms with Crippen LogP contribution in [0.1, 0.15) is 47.9 Å². The fourth-order valence-corrected chi connectivity index (χ4v) is 4.22. The average molecular weight is 356 g/mol. The number of aromatic amines is 1. The van der Waals surface area contributed by atoms with E-state index in [1.54, 1.807) is 0 Å². The lowest BCUT2D eigenvalue weighted by atomic mass is 9.97. The highest BCUT2D eigenvalue weighted by molar-refractivity contribution is 5.94. The minimum Gasteiger partial charge on any atom is -0.367 e. The summed E-state index contributed by atoms with van der Waals surface area (Å²) in [6.45, 7) is 3.29. The number of H-pyrrole nitrogens is 1. The van der Waals surface area contributed by atoms with Crippen LogP contribution in [0.2, 0.25) is 0 Å². The standard InChI is InChI=1S/C19H24N4O3/c1-2-16-15(12-22-26-16)18(25)21-11-14-4-8-23(19(14)5-6-19)17(24)9-13-3-7-20-10-13/h3,7,10,12,14,20H,2,4-6,8-9,11H2,1H3,(H,21,25). The van der Waals surface area contributed by atoms with Gasteiger partial charge in [0.25, 0.3) is 5.91 Å². The van der Waals surface area contributed by atoms with Crippen LogP contribution in [0.5, 0.6) is 0 Å². The Morgan fingerprint density at radius 2 is 2.31 bits per heavy atom. The van der Waals surface area contributed by atoms with Gasteiger partial charge in [-0.05, 0) is 30.9 Å². The summed E-state index contributed by atoms with van der Waals surface area (Å²) in [5, 5.41) is 6.73. The first-order valence-electron chi connectivity index (χ1n) is 9.28. The molecule has 2 fully saturated rings. The number of nitrogens with zero attached hydrogens (tertiary/aromatic N) is 2. The monoisotopic (exact) mass is 356 g/mol. The summed E-state index contributed by atoms with van der Waals surface area (Å²) < 4.78 is 5.09. The van der Waals surface area contributed by atoms with Crippen LogP contribution in [0.4, 0.5) is 0 Å². The minimum atomic E-state index is -0.143. The Hall–Kier alpha value is -2.57. The van der Waals surface area contributed by atoms with Crippen molar-refractivity contribution in [2.24, 2.45) is 5.92 Å². The molecule has 3 heterocycles. The van der Waals surface area contributed by atoms with E-state index in [0.717, 1.165) is 31.4 Å². The molecule has 1 spiro atoms. The Bertz CT molecular complexity index is 792. The molecule has 7 nitrogen and oxygen atoms in total. The lowest BCUT2D eigenvalue weighted by Gasteiger charge is -2.28. The summed E-state index contributed by atoms with van der Waals surface area (Å²) in [6, 6.07) is 1.94. The van der Waals surface area contributed by atoms with Crippen molar-refractivity contribution in [1.82, 2.24) is 20.4 Å². The van der Waals surface area contributed by atoms with E-state index in [9.17, 15) is 9.59 Å². The zero-order valence-corrected chi connectivity index (χ0v) is 15.0. The molecule has 2 N–H and O–H groups in total. The van der Waals surface area contributed by atoms with Crippen LogP contribution in [-0.2, 0) is 17.6 Å². The number of hydrogen-bond acceptors (Lipinski definition) is 4. The van der Waals surface area contributed by atoms with Gasteiger partial charge in [0, 0.05) is 43.4 Å². The zero-order valence-electron chi connectivity index (χ0n) is 15.0. The fraction of sp³-hybridized carbons (Fsp3) is 0.526. The van der Waals surface area contributed by atoms with Crippen LogP contribution < -0.4 is 5.32 Å². The van der Waals surface area contributed by atoms with Gasteiger partial charge in [-0.1, -0.05) is 12.1 Å². The zero-order chi connectivity index (χ0) is 18.1. The van der Waals surface area contributed by atoms with E-state index < -0.39 is 0 Å². The van der Waals surface area contributed by atoms with E-state index >= 15 is 0 Å². The Morgan fingerprint density at radius 3 is 3.00 bits per heavy atom. The summed E-state index contributed by atoms with van der Waals surface area (Å²) in [5.74, 6) is 0.962. The van der Waals surface area contributed by atoms with E-state index in [-0.39, 0.29) is 17.4 Å². The van der Waals surface area contributed by atoms with Crippen molar-refractivity contribution in [3.63, 3.8) is 0 Å². The smallest absolute Gasteiger partial charge is 0.256 e. The van der Waals surface area contributed by atoms with Crippen LogP contribution in [0.15, 0.2) is 29.2 Å². The largest absolute Gasteiger partial charge is 0.367 e. The Kier molecular flexibility index (Phi) is 4.30. The normalized spacial score (nSPS) is 20.5. The third-order valence-electron chi connectivity index (χ3n) is 5.80. The maximum absolute atomic E-state index is 12.7. The highest BCUT2D eigenvalue weighted by Crippen LogP contribution is 2.53. The average Bonchev–Trinajstić information content (AvgIpc) is 3.02. The second-order valence-corrected chi connectivity index (χ2v) is 7.26. The Labute approximate surface area is 152 Å². The molecule has 138 valence electrons. The van der Waals surface area contributed by atoms with E-state index in [1.807, 2.05) is 30.3 Å². The molecule has 1 saturated carbocycles. The molecule has 2 aromatic heterocycles. The van der Waals surface area contributed by atoms with E-state index in [4.69, 9.17) is 4.52 Å². The van der Waals surface area contributed by atoms with Crippen LogP contribution in [-0.4, -0.2) is 45.5 Å². The SMILES string of the molecule is CCc1oncc1C(=O)NCC1CCN(C(=O)Cc2cc[nH]c2)C12CC2. The lowest BCUT2D eigenvalue weighted by molar-refractivity contribution is -0.132. The van der Waals surface area contributed by atoms with Gasteiger partial charge in [0.15, 0.2) is 0 Å². The number of carbonyl (C=O) groups is 2. The highest BCUT2D eigenvalue weighted by Gasteiger charge is 2.58. The Balaban J connectivity index is 1.37. The molecule has 1 atom stereocenters. The van der Waals surface area contributed by atoms with Crippen LogP contribution in [0.3, 0.4) is 0 Å². The van der Waals surface area contributed by atoms with E-state index in [1.165, 1.54) is 6.20 Å². The first-order valence-corrected chi connectivity index (χ1v) is 9.28. The summed E-state index contributed by atoms with van der Waals surface area (Å²) in [7, 11) is 0. The molecule has 2 aromatic rings. The number of nitrogens with one attached hydrogen (secondary N) is 2. The molecule has 1 unspecified atom stereocenters. The fourth-order valence-electron chi connectivity index (χ4n) is 4.22. The number of aromatic nitrogens is 2. The predicted molar refractivity (Wildman–Crippen MR) is 94.5 cm³/mol. The maximum Gasteiger partial charge on any atom is 0.256 e. The van der Waals surface area contributed by atoms with Crippen LogP contribution in [0, 0.1) is 5.92 Å². The number of carbonyl (C=O) groups excluding carboxylic acids is 2. The minimum absolute atomic E-state index is 0.0527. The van der Waals surface area contributed by atoms with Gasteiger partial charge in [-0.3, -0.25) is 9.59 Å². The first kappa shape index (κ1) is 16.9. The van der Waals surface area contributed by atoms with Crippen molar-refractivity contribution >= 4 is 11.8 Å². The lowest BCUT2D eigenvalue weighted by Crippen LogP contribution is -2.43. The van der Waals surface area contributed by atoms with Gasteiger partial charge in [-0.2, -0.15) is 0 Å². The van der Waals surface area contributed by atoms with Crippen molar-refractivity contribution in [3.8, 4) is 0 Å². The quantitative estimate of drug-likeness (QED) is 0.827. The molecule has 4 rings (SSSR count). The first-order chi connectivity index (χ1) is 12.6. The summed E-state index contributed by atoms with van der Waals surface area (Å²) >= 11 is 0. The highest BCUT2D eigenvalue weighted by atomic mass is 16.5. The number of likely N-dealkylation sites (tertiary alicyclic amines) is 1. The molecule has 0 radical (unpaired) electrons. The van der Waals surface area contributed by atoms with Crippen molar-refractivity contribution in [3.05, 3.63) is 41.5 Å². The predicted octanol–water partition coefficient (Wildman–Crippen LogP) is 1.92. The molecule has 1 saturated heterocycles. The second kappa shape index (κ2) is 6.63. The van der Waals surface area contributed by atoms with Gasteiger partial charge in [-0.15, -0.1) is 0 Å². The van der Waals surface area contributed by atoms with Crippen LogP contribution >= 0.6 is 0 Å². The topological polar surface area (TPSA) is 91.2 Å². The number of aryl methyl sites for hydroxylation is 1. The molecule has 2 aliphatic rings. The summed E-state index contributed by atoms with van der Waals surface area (Å²) in [4.78, 5) is 30.2. The van der Waals surface area contributed by atoms with Gasteiger partial charge in [-0.25, -0.2) is 0 Å². The third kappa shape index (κ3) is 2.91. The molecule has 1 aliphatic carbocycles. The van der Waals surface area contributed by atoms with Crippen molar-refractivity contribution in [2.75, 3.05) is 13.1 Å². The van der Waals surface area contributed by atoms with Gasteiger partial charge in [0.1, 0.15) is 11.3 Å². The van der Waals surface area contributed by atoms with E-state index in [2.05, 4.69) is 15.5 Å². The number of rotatable bonds is 6. The van der Waals surface area contributed by atoms with Gasteiger partial charge in [0.2, 0.25) is 5.91 Å². The van der Waals surface area contributed by atoms with Gasteiger partial charge < -0.3 is 19.7 Å². The van der Waals surface area contributed by atoms with Crippen molar-refractivity contribution in [1.29, 1.82) is 0 Å². The third-order valence-corrected chi connectivity index (χ3v) is 5.80. The van der Waals surface area contributed by atoms with E-state index in [0.29, 0.717) is 36.6 Å². The number of amides is 2. The van der Waals surface area contributed by atoms with Gasteiger partial charge >= 0.3 is 0 Å². The molecule has 7 heteroatoms. The number of hydrogen-bond donors (Lipinski definition) is 2.